The molecule has 0 saturated carbocycles. The van der Waals surface area contributed by atoms with Crippen LogP contribution in [-0.4, -0.2) is 22.7 Å². The Morgan fingerprint density at radius 2 is 1.89 bits per heavy atom. The number of rotatable bonds is 5. The molecule has 0 bridgehead atoms. The highest BCUT2D eigenvalue weighted by Gasteiger charge is 2.21. The van der Waals surface area contributed by atoms with E-state index >= 15 is 0 Å². The van der Waals surface area contributed by atoms with Gasteiger partial charge in [-0.3, -0.25) is 9.59 Å². The summed E-state index contributed by atoms with van der Waals surface area (Å²) >= 11 is 0. The molecule has 6 heteroatoms. The monoisotopic (exact) mass is 363 g/mol. The van der Waals surface area contributed by atoms with E-state index < -0.39 is 5.97 Å². The smallest absolute Gasteiger partial charge is 0.307 e. The van der Waals surface area contributed by atoms with E-state index in [4.69, 9.17) is 14.4 Å². The Kier molecular flexibility index (Phi) is 4.24. The number of carbonyl (C=O) groups is 2. The van der Waals surface area contributed by atoms with Crippen LogP contribution < -0.4 is 4.74 Å². The molecule has 6 nitrogen and oxygen atoms in total. The molecule has 136 valence electrons. The van der Waals surface area contributed by atoms with Crippen LogP contribution in [0.2, 0.25) is 0 Å². The number of fused-ring (bicyclic) bond motifs is 3. The van der Waals surface area contributed by atoms with Gasteiger partial charge in [0.15, 0.2) is 0 Å². The van der Waals surface area contributed by atoms with Crippen LogP contribution in [0, 0.1) is 6.92 Å². The molecule has 0 spiro atoms. The maximum atomic E-state index is 10.9. The van der Waals surface area contributed by atoms with Gasteiger partial charge in [0.2, 0.25) is 11.5 Å². The van der Waals surface area contributed by atoms with Crippen molar-refractivity contribution < 1.29 is 24.0 Å². The predicted octanol–water partition coefficient (Wildman–Crippen LogP) is 3.58. The predicted molar refractivity (Wildman–Crippen MR) is 97.6 cm³/mol. The molecule has 4 rings (SSSR count). The molecule has 0 fully saturated rings. The number of hydrogen-bond acceptors (Lipinski definition) is 5. The molecule has 1 aromatic heterocycles. The topological polar surface area (TPSA) is 89.6 Å². The van der Waals surface area contributed by atoms with Crippen molar-refractivity contribution >= 4 is 12.4 Å². The molecule has 3 aromatic rings. The minimum absolute atomic E-state index is 0.0312. The number of aliphatic carboxylic acids is 1. The zero-order valence-electron chi connectivity index (χ0n) is 14.7. The van der Waals surface area contributed by atoms with E-state index in [2.05, 4.69) is 5.16 Å². The van der Waals surface area contributed by atoms with E-state index in [-0.39, 0.29) is 6.42 Å². The quantitative estimate of drug-likeness (QED) is 0.697. The summed E-state index contributed by atoms with van der Waals surface area (Å²) in [6, 6.07) is 11.8. The second-order valence-corrected chi connectivity index (χ2v) is 6.57. The minimum atomic E-state index is -0.827. The first-order chi connectivity index (χ1) is 13.1. The van der Waals surface area contributed by atoms with Gasteiger partial charge >= 0.3 is 5.97 Å². The van der Waals surface area contributed by atoms with Gasteiger partial charge in [-0.2, -0.15) is 0 Å². The maximum absolute atomic E-state index is 10.9. The average molecular weight is 363 g/mol. The number of nitrogens with zero attached hydrogens (tertiary/aromatic N) is 1. The summed E-state index contributed by atoms with van der Waals surface area (Å²) in [6.07, 6.45) is 1.71. The lowest BCUT2D eigenvalue weighted by atomic mass is 9.83. The number of ether oxygens (including phenoxy) is 1. The Balaban J connectivity index is 1.73. The molecule has 1 aliphatic carbocycles. The van der Waals surface area contributed by atoms with Gasteiger partial charge in [-0.05, 0) is 53.6 Å². The fourth-order valence-electron chi connectivity index (χ4n) is 3.61. The molecule has 0 aliphatic heterocycles. The van der Waals surface area contributed by atoms with Crippen molar-refractivity contribution in [1.82, 2.24) is 5.16 Å². The van der Waals surface area contributed by atoms with Gasteiger partial charge in [-0.25, -0.2) is 0 Å². The molecule has 0 saturated heterocycles. The molecule has 27 heavy (non-hydrogen) atoms. The number of aryl methyl sites for hydroxylation is 3. The van der Waals surface area contributed by atoms with E-state index in [0.29, 0.717) is 23.7 Å². The number of aromatic nitrogens is 1. The Labute approximate surface area is 155 Å². The number of carboxylic acids is 1. The van der Waals surface area contributed by atoms with Crippen LogP contribution in [0.3, 0.4) is 0 Å². The van der Waals surface area contributed by atoms with E-state index in [1.165, 1.54) is 0 Å². The van der Waals surface area contributed by atoms with Crippen LogP contribution in [0.5, 0.6) is 5.75 Å². The second-order valence-electron chi connectivity index (χ2n) is 6.57. The lowest BCUT2D eigenvalue weighted by Crippen LogP contribution is -2.06. The largest absolute Gasteiger partial charge is 0.481 e. The molecule has 0 unspecified atom stereocenters. The fourth-order valence-corrected chi connectivity index (χ4v) is 3.61. The van der Waals surface area contributed by atoms with Crippen molar-refractivity contribution in [1.29, 1.82) is 0 Å². The lowest BCUT2D eigenvalue weighted by molar-refractivity contribution is -0.136. The van der Waals surface area contributed by atoms with Gasteiger partial charge in [0.1, 0.15) is 5.69 Å². The van der Waals surface area contributed by atoms with Gasteiger partial charge in [-0.15, -0.1) is 0 Å². The summed E-state index contributed by atoms with van der Waals surface area (Å²) in [5.74, 6) is -0.0593. The van der Waals surface area contributed by atoms with Crippen LogP contribution in [0.25, 0.3) is 22.5 Å². The number of carbonyl (C=O) groups excluding carboxylic acids is 1. The molecule has 0 radical (unpaired) electrons. The fraction of sp³-hybridized carbons (Fsp3) is 0.190. The van der Waals surface area contributed by atoms with Gasteiger partial charge in [0.05, 0.1) is 6.42 Å². The van der Waals surface area contributed by atoms with Crippen molar-refractivity contribution in [3.63, 3.8) is 0 Å². The van der Waals surface area contributed by atoms with Crippen LogP contribution in [0.1, 0.15) is 22.4 Å². The zero-order valence-corrected chi connectivity index (χ0v) is 14.7. The van der Waals surface area contributed by atoms with Crippen LogP contribution >= 0.6 is 0 Å². The van der Waals surface area contributed by atoms with Crippen molar-refractivity contribution in [2.75, 3.05) is 0 Å². The molecule has 1 heterocycles. The maximum Gasteiger partial charge on any atom is 0.307 e. The second kappa shape index (κ2) is 6.72. The van der Waals surface area contributed by atoms with Gasteiger partial charge < -0.3 is 14.4 Å². The molecule has 1 aliphatic rings. The minimum Gasteiger partial charge on any atom is -0.481 e. The van der Waals surface area contributed by atoms with Crippen molar-refractivity contribution in [3.05, 3.63) is 58.8 Å². The Hall–Kier alpha value is -3.41. The molecular weight excluding hydrogens is 346 g/mol. The van der Waals surface area contributed by atoms with Crippen molar-refractivity contribution in [2.45, 2.75) is 26.2 Å². The average Bonchev–Trinajstić information content (AvgIpc) is 3.01. The van der Waals surface area contributed by atoms with Crippen LogP contribution in [0.4, 0.5) is 0 Å². The highest BCUT2D eigenvalue weighted by Crippen LogP contribution is 2.39. The van der Waals surface area contributed by atoms with Gasteiger partial charge in [0, 0.05) is 5.56 Å². The van der Waals surface area contributed by atoms with Gasteiger partial charge in [-0.1, -0.05) is 35.5 Å². The molecule has 0 amide bonds. The summed E-state index contributed by atoms with van der Waals surface area (Å²) < 4.78 is 10.4. The molecular formula is C21H17NO5. The Morgan fingerprint density at radius 3 is 2.59 bits per heavy atom. The number of hydrogen-bond donors (Lipinski definition) is 1. The molecule has 1 N–H and O–H groups in total. The van der Waals surface area contributed by atoms with E-state index in [9.17, 15) is 9.59 Å². The summed E-state index contributed by atoms with van der Waals surface area (Å²) in [6.45, 7) is 2.08. The van der Waals surface area contributed by atoms with Crippen LogP contribution in [-0.2, 0) is 28.9 Å². The first-order valence-corrected chi connectivity index (χ1v) is 8.60. The van der Waals surface area contributed by atoms with Crippen molar-refractivity contribution in [3.8, 4) is 28.2 Å². The summed E-state index contributed by atoms with van der Waals surface area (Å²) in [5.41, 5.74) is 6.70. The highest BCUT2D eigenvalue weighted by atomic mass is 16.5. The highest BCUT2D eigenvalue weighted by molar-refractivity contribution is 5.79. The lowest BCUT2D eigenvalue weighted by Gasteiger charge is -2.21. The normalized spacial score (nSPS) is 12.2. The van der Waals surface area contributed by atoms with E-state index in [1.54, 1.807) is 6.92 Å². The molecule has 2 aromatic carbocycles. The summed E-state index contributed by atoms with van der Waals surface area (Å²) in [5, 5.41) is 12.9. The Morgan fingerprint density at radius 1 is 1.19 bits per heavy atom. The standard InChI is InChI=1S/C21H17NO5/c1-12-20(26-11-23)21(27-22-12)16-5-7-18-15(10-16)4-3-14-8-13(9-19(24)25)2-6-17(14)18/h2,5-8,10-11H,3-4,9H2,1H3,(H,24,25). The zero-order chi connectivity index (χ0) is 19.0. The first kappa shape index (κ1) is 17.0. The third-order valence-corrected chi connectivity index (χ3v) is 4.82. The molecule has 0 atom stereocenters. The third kappa shape index (κ3) is 3.10. The Bertz CT molecular complexity index is 1050. The number of benzene rings is 2. The third-order valence-electron chi connectivity index (χ3n) is 4.82. The number of carboxylic acid groups (broad SMARTS) is 1. The SMILES string of the molecule is Cc1noc(-c2ccc3c(c2)CCc2cc(CC(=O)O)ccc2-3)c1OC=O. The van der Waals surface area contributed by atoms with Crippen LogP contribution in [0.15, 0.2) is 40.9 Å². The first-order valence-electron chi connectivity index (χ1n) is 8.60. The summed E-state index contributed by atoms with van der Waals surface area (Å²) in [7, 11) is 0. The van der Waals surface area contributed by atoms with E-state index in [0.717, 1.165) is 46.2 Å². The van der Waals surface area contributed by atoms with E-state index in [1.807, 2.05) is 36.4 Å². The van der Waals surface area contributed by atoms with Gasteiger partial charge in [0.25, 0.3) is 6.47 Å². The summed E-state index contributed by atoms with van der Waals surface area (Å²) in [4.78, 5) is 21.7. The van der Waals surface area contributed by atoms with Crippen molar-refractivity contribution in [2.24, 2.45) is 0 Å².